The molecule has 0 fully saturated rings. The van der Waals surface area contributed by atoms with Crippen molar-refractivity contribution in [3.63, 3.8) is 0 Å². The van der Waals surface area contributed by atoms with Crippen molar-refractivity contribution in [2.75, 3.05) is 7.11 Å². The van der Waals surface area contributed by atoms with Crippen molar-refractivity contribution in [3.8, 4) is 5.75 Å². The smallest absolute Gasteiger partial charge is 0.296 e. The van der Waals surface area contributed by atoms with Crippen LogP contribution in [0.3, 0.4) is 0 Å². The minimum absolute atomic E-state index is 0.0517. The highest BCUT2D eigenvalue weighted by atomic mass is 79.9. The van der Waals surface area contributed by atoms with Crippen LogP contribution in [-0.4, -0.2) is 12.0 Å². The first-order chi connectivity index (χ1) is 6.06. The Balaban J connectivity index is 3.31. The van der Waals surface area contributed by atoms with Crippen LogP contribution >= 0.6 is 28.6 Å². The third-order valence-corrected chi connectivity index (χ3v) is 2.38. The number of rotatable bonds is 2. The van der Waals surface area contributed by atoms with Gasteiger partial charge in [-0.3, -0.25) is 10.1 Å². The molecule has 0 aromatic heterocycles. The van der Waals surface area contributed by atoms with E-state index in [0.717, 1.165) is 0 Å². The van der Waals surface area contributed by atoms with Crippen LogP contribution in [0.15, 0.2) is 21.5 Å². The number of hydrogen-bond donors (Lipinski definition) is 1. The molecule has 0 atom stereocenters. The lowest BCUT2D eigenvalue weighted by atomic mass is 10.3. The van der Waals surface area contributed by atoms with Gasteiger partial charge >= 0.3 is 0 Å². The molecular weight excluding hydrogens is 258 g/mol. The summed E-state index contributed by atoms with van der Waals surface area (Å²) in [5.41, 5.74) is -0.0517. The van der Waals surface area contributed by atoms with Gasteiger partial charge in [0.15, 0.2) is 0 Å². The zero-order valence-electron chi connectivity index (χ0n) is 6.65. The van der Waals surface area contributed by atoms with Gasteiger partial charge in [0.05, 0.1) is 16.9 Å². The Morgan fingerprint density at radius 2 is 2.23 bits per heavy atom. The normalized spacial score (nSPS) is 9.77. The first-order valence-corrected chi connectivity index (χ1v) is 4.51. The summed E-state index contributed by atoms with van der Waals surface area (Å²) in [4.78, 5) is 10.3. The highest BCUT2D eigenvalue weighted by molar-refractivity contribution is 9.10. The van der Waals surface area contributed by atoms with Gasteiger partial charge in [-0.25, -0.2) is 0 Å². The summed E-state index contributed by atoms with van der Waals surface area (Å²) in [7, 11) is 1.49. The van der Waals surface area contributed by atoms with Crippen molar-refractivity contribution >= 4 is 34.2 Å². The zero-order valence-corrected chi connectivity index (χ0v) is 9.13. The number of nitro groups is 1. The predicted octanol–water partition coefficient (Wildman–Crippen LogP) is 2.65. The van der Waals surface area contributed by atoms with E-state index in [1.807, 2.05) is 0 Å². The van der Waals surface area contributed by atoms with Crippen molar-refractivity contribution in [3.05, 3.63) is 26.7 Å². The molecular formula is C7H6BrNO3S. The second kappa shape index (κ2) is 3.97. The average Bonchev–Trinajstić information content (AvgIpc) is 2.02. The Hall–Kier alpha value is -0.750. The van der Waals surface area contributed by atoms with Crippen molar-refractivity contribution in [1.82, 2.24) is 0 Å². The molecule has 0 heterocycles. The Bertz CT molecular complexity index is 333. The Labute approximate surface area is 88.6 Å². The van der Waals surface area contributed by atoms with Crippen LogP contribution in [0.25, 0.3) is 0 Å². The Morgan fingerprint density at radius 3 is 2.62 bits per heavy atom. The van der Waals surface area contributed by atoms with E-state index in [-0.39, 0.29) is 10.6 Å². The van der Waals surface area contributed by atoms with E-state index in [2.05, 4.69) is 28.6 Å². The first kappa shape index (κ1) is 10.3. The standard InChI is InChI=1S/C7H6BrNO3S/c1-12-4-2-5(8)7(9(10)11)6(13)3-4/h2-3,13H,1H3. The summed E-state index contributed by atoms with van der Waals surface area (Å²) in [6.45, 7) is 0. The van der Waals surface area contributed by atoms with Crippen LogP contribution in [-0.2, 0) is 0 Å². The molecule has 0 aliphatic heterocycles. The molecule has 0 saturated carbocycles. The van der Waals surface area contributed by atoms with Crippen LogP contribution in [0, 0.1) is 10.1 Å². The monoisotopic (exact) mass is 263 g/mol. The largest absolute Gasteiger partial charge is 0.497 e. The van der Waals surface area contributed by atoms with Gasteiger partial charge in [-0.1, -0.05) is 0 Å². The topological polar surface area (TPSA) is 52.4 Å². The molecule has 0 bridgehead atoms. The second-order valence-electron chi connectivity index (χ2n) is 2.23. The van der Waals surface area contributed by atoms with Crippen LogP contribution in [0.1, 0.15) is 0 Å². The Morgan fingerprint density at radius 1 is 1.62 bits per heavy atom. The molecule has 0 saturated heterocycles. The summed E-state index contributed by atoms with van der Waals surface area (Å²) in [6.07, 6.45) is 0. The fraction of sp³-hybridized carbons (Fsp3) is 0.143. The average molecular weight is 264 g/mol. The quantitative estimate of drug-likeness (QED) is 0.507. The molecule has 0 aliphatic carbocycles. The van der Waals surface area contributed by atoms with E-state index in [1.165, 1.54) is 19.2 Å². The maximum absolute atomic E-state index is 10.5. The maximum Gasteiger partial charge on any atom is 0.296 e. The van der Waals surface area contributed by atoms with Crippen molar-refractivity contribution in [2.24, 2.45) is 0 Å². The van der Waals surface area contributed by atoms with Gasteiger partial charge in [-0.15, -0.1) is 12.6 Å². The maximum atomic E-state index is 10.5. The van der Waals surface area contributed by atoms with Gasteiger partial charge in [-0.05, 0) is 15.9 Å². The third-order valence-electron chi connectivity index (χ3n) is 1.44. The number of hydrogen-bond acceptors (Lipinski definition) is 4. The van der Waals surface area contributed by atoms with Gasteiger partial charge in [-0.2, -0.15) is 0 Å². The minimum atomic E-state index is -0.494. The number of halogens is 1. The molecule has 0 aliphatic rings. The lowest BCUT2D eigenvalue weighted by Gasteiger charge is -2.03. The van der Waals surface area contributed by atoms with Crippen LogP contribution in [0.4, 0.5) is 5.69 Å². The lowest BCUT2D eigenvalue weighted by Crippen LogP contribution is -1.92. The Kier molecular flexibility index (Phi) is 3.16. The first-order valence-electron chi connectivity index (χ1n) is 3.27. The lowest BCUT2D eigenvalue weighted by molar-refractivity contribution is -0.388. The molecule has 0 unspecified atom stereocenters. The van der Waals surface area contributed by atoms with Gasteiger partial charge in [0.25, 0.3) is 5.69 Å². The van der Waals surface area contributed by atoms with Crippen LogP contribution < -0.4 is 4.74 Å². The van der Waals surface area contributed by atoms with Gasteiger partial charge in [0.2, 0.25) is 0 Å². The van der Waals surface area contributed by atoms with E-state index < -0.39 is 4.92 Å². The predicted molar refractivity (Wildman–Crippen MR) is 54.6 cm³/mol. The highest BCUT2D eigenvalue weighted by Gasteiger charge is 2.17. The molecule has 0 spiro atoms. The SMILES string of the molecule is COc1cc(S)c([N+](=O)[O-])c(Br)c1. The molecule has 0 amide bonds. The number of nitro benzene ring substituents is 1. The van der Waals surface area contributed by atoms with Gasteiger partial charge in [0, 0.05) is 12.1 Å². The number of methoxy groups -OCH3 is 1. The van der Waals surface area contributed by atoms with Crippen molar-refractivity contribution in [1.29, 1.82) is 0 Å². The molecule has 13 heavy (non-hydrogen) atoms. The van der Waals surface area contributed by atoms with Gasteiger partial charge in [0.1, 0.15) is 10.2 Å². The summed E-state index contributed by atoms with van der Waals surface area (Å²) >= 11 is 7.05. The van der Waals surface area contributed by atoms with E-state index in [4.69, 9.17) is 4.74 Å². The van der Waals surface area contributed by atoms with Crippen LogP contribution in [0.2, 0.25) is 0 Å². The molecule has 1 aromatic rings. The third kappa shape index (κ3) is 2.13. The molecule has 1 aromatic carbocycles. The second-order valence-corrected chi connectivity index (χ2v) is 3.57. The molecule has 70 valence electrons. The van der Waals surface area contributed by atoms with E-state index in [0.29, 0.717) is 10.2 Å². The fourth-order valence-corrected chi connectivity index (χ4v) is 1.93. The summed E-state index contributed by atoms with van der Waals surface area (Å²) in [5, 5.41) is 10.5. The molecule has 6 heteroatoms. The van der Waals surface area contributed by atoms with E-state index in [9.17, 15) is 10.1 Å². The number of benzene rings is 1. The number of thiol groups is 1. The van der Waals surface area contributed by atoms with E-state index in [1.54, 1.807) is 0 Å². The number of ether oxygens (including phenoxy) is 1. The van der Waals surface area contributed by atoms with Crippen molar-refractivity contribution < 1.29 is 9.66 Å². The minimum Gasteiger partial charge on any atom is -0.497 e. The summed E-state index contributed by atoms with van der Waals surface area (Å²) in [6, 6.07) is 3.02. The van der Waals surface area contributed by atoms with Crippen LogP contribution in [0.5, 0.6) is 5.75 Å². The van der Waals surface area contributed by atoms with Gasteiger partial charge < -0.3 is 4.74 Å². The molecule has 4 nitrogen and oxygen atoms in total. The molecule has 1 rings (SSSR count). The number of nitrogens with zero attached hydrogens (tertiary/aromatic N) is 1. The van der Waals surface area contributed by atoms with Crippen molar-refractivity contribution in [2.45, 2.75) is 4.90 Å². The summed E-state index contributed by atoms with van der Waals surface area (Å²) < 4.78 is 5.27. The van der Waals surface area contributed by atoms with E-state index >= 15 is 0 Å². The highest BCUT2D eigenvalue weighted by Crippen LogP contribution is 2.35. The molecule has 0 N–H and O–H groups in total. The zero-order chi connectivity index (χ0) is 10.0. The molecule has 0 radical (unpaired) electrons. The fourth-order valence-electron chi connectivity index (χ4n) is 0.859. The summed E-state index contributed by atoms with van der Waals surface area (Å²) in [5.74, 6) is 0.530.